The number of nitrogens with two attached hydrogens (primary N) is 1. The highest BCUT2D eigenvalue weighted by molar-refractivity contribution is 7.88. The van der Waals surface area contributed by atoms with Crippen LogP contribution in [-0.4, -0.2) is 132 Å². The van der Waals surface area contributed by atoms with Crippen LogP contribution in [0.5, 0.6) is 11.5 Å². The minimum absolute atomic E-state index is 0.0164. The molecule has 3 aromatic rings. The van der Waals surface area contributed by atoms with E-state index in [0.29, 0.717) is 9.91 Å². The van der Waals surface area contributed by atoms with Crippen LogP contribution in [0.2, 0.25) is 0 Å². The molecule has 9 N–H and O–H groups in total. The molecule has 0 spiro atoms. The van der Waals surface area contributed by atoms with Crippen LogP contribution < -0.4 is 21.2 Å². The summed E-state index contributed by atoms with van der Waals surface area (Å²) in [4.78, 5) is 101. The maximum absolute atomic E-state index is 13.0. The summed E-state index contributed by atoms with van der Waals surface area (Å²) in [6, 6.07) is -1.31. The normalized spacial score (nSPS) is 16.3. The molecule has 2 saturated heterocycles. The van der Waals surface area contributed by atoms with Gasteiger partial charge in [-0.25, -0.2) is 43.2 Å². The van der Waals surface area contributed by atoms with E-state index >= 15 is 0 Å². The number of fused-ring (bicyclic) bond motifs is 1. The molecule has 2 aliphatic rings. The standard InChI is InChI=1S/C27H26N10O14S2/c1-27(2,23(45)46)51-33-18(14-9-52-24(28)31-14)20(41)30-13-8-35(21(13)42)25(47)34-53(49,50)37-4-3-36(26(37)48)32-19(40)11-5-10-6-15(38)16(39)7-12(10)29-17(11)22(43)44/h5-7,9,13,38-39H,3-4,8H2,1-2H3,(H2,28,31)(H,30,41)(H,32,40)(H,34,47)(H,43,44)(H,45,46). The number of benzene rings is 1. The molecular weight excluding hydrogens is 752 g/mol. The number of anilines is 1. The minimum atomic E-state index is -5.01. The molecule has 5 rings (SSSR count). The number of carbonyl (C=O) groups is 7. The van der Waals surface area contributed by atoms with Crippen LogP contribution in [0.3, 0.4) is 0 Å². The van der Waals surface area contributed by atoms with Crippen molar-refractivity contribution in [1.82, 2.24) is 39.6 Å². The summed E-state index contributed by atoms with van der Waals surface area (Å²) in [5.74, 6) is -7.68. The third kappa shape index (κ3) is 7.47. The summed E-state index contributed by atoms with van der Waals surface area (Å²) in [6.45, 7) is 0.647. The second-order valence-electron chi connectivity index (χ2n) is 11.5. The van der Waals surface area contributed by atoms with Gasteiger partial charge in [-0.2, -0.15) is 8.42 Å². The summed E-state index contributed by atoms with van der Waals surface area (Å²) in [6.07, 6.45) is 0. The maximum atomic E-state index is 13.0. The number of phenols is 2. The maximum Gasteiger partial charge on any atom is 0.355 e. The molecule has 1 atom stereocenters. The van der Waals surface area contributed by atoms with E-state index in [1.54, 1.807) is 0 Å². The number of nitrogens with zero attached hydrogens (tertiary/aromatic N) is 6. The van der Waals surface area contributed by atoms with Gasteiger partial charge in [0.2, 0.25) is 5.60 Å². The van der Waals surface area contributed by atoms with Crippen LogP contribution in [0, 0.1) is 0 Å². The molecule has 26 heteroatoms. The number of carboxylic acid groups (broad SMARTS) is 2. The first kappa shape index (κ1) is 37.4. The molecule has 0 saturated carbocycles. The second-order valence-corrected chi connectivity index (χ2v) is 14.0. The highest BCUT2D eigenvalue weighted by atomic mass is 32.2. The number of urea groups is 2. The van der Waals surface area contributed by atoms with Crippen molar-refractivity contribution in [3.63, 3.8) is 0 Å². The topological polar surface area (TPSA) is 354 Å². The van der Waals surface area contributed by atoms with Crippen molar-refractivity contribution in [2.24, 2.45) is 5.16 Å². The van der Waals surface area contributed by atoms with E-state index < -0.39 is 112 Å². The number of hydrogen-bond donors (Lipinski definition) is 8. The van der Waals surface area contributed by atoms with Gasteiger partial charge in [0.05, 0.1) is 30.7 Å². The number of aliphatic carboxylic acids is 1. The van der Waals surface area contributed by atoms with E-state index in [4.69, 9.17) is 10.6 Å². The lowest BCUT2D eigenvalue weighted by molar-refractivity contribution is -0.161. The zero-order valence-corrected chi connectivity index (χ0v) is 28.6. The average Bonchev–Trinajstić information content (AvgIpc) is 3.67. The highest BCUT2D eigenvalue weighted by Gasteiger charge is 2.46. The average molecular weight is 779 g/mol. The quantitative estimate of drug-likeness (QED) is 0.0467. The Labute approximate surface area is 299 Å². The Kier molecular flexibility index (Phi) is 9.68. The summed E-state index contributed by atoms with van der Waals surface area (Å²) in [5.41, 5.74) is 3.60. The van der Waals surface area contributed by atoms with E-state index in [-0.39, 0.29) is 26.0 Å². The molecule has 280 valence electrons. The lowest BCUT2D eigenvalue weighted by Gasteiger charge is -2.36. The number of nitrogen functional groups attached to an aromatic ring is 1. The number of carboxylic acids is 2. The van der Waals surface area contributed by atoms with Crippen molar-refractivity contribution in [3.05, 3.63) is 40.5 Å². The molecular formula is C27H26N10O14S2. The van der Waals surface area contributed by atoms with Crippen molar-refractivity contribution < 1.29 is 67.2 Å². The highest BCUT2D eigenvalue weighted by Crippen LogP contribution is 2.30. The molecule has 2 aliphatic heterocycles. The lowest BCUT2D eigenvalue weighted by Crippen LogP contribution is -2.68. The number of thiazole rings is 1. The third-order valence-electron chi connectivity index (χ3n) is 7.41. The molecule has 2 aromatic heterocycles. The number of β-lactam (4-membered cyclic amide) rings is 1. The van der Waals surface area contributed by atoms with Gasteiger partial charge in [-0.1, -0.05) is 5.16 Å². The molecule has 7 amide bonds. The Morgan fingerprint density at radius 2 is 1.74 bits per heavy atom. The van der Waals surface area contributed by atoms with Crippen molar-refractivity contribution in [2.75, 3.05) is 25.4 Å². The number of hydrazine groups is 1. The van der Waals surface area contributed by atoms with Gasteiger partial charge in [-0.15, -0.1) is 11.3 Å². The van der Waals surface area contributed by atoms with Gasteiger partial charge in [0.1, 0.15) is 11.7 Å². The van der Waals surface area contributed by atoms with Crippen LogP contribution >= 0.6 is 11.3 Å². The number of hydrogen-bond acceptors (Lipinski definition) is 17. The van der Waals surface area contributed by atoms with E-state index in [9.17, 15) is 62.4 Å². The van der Waals surface area contributed by atoms with Crippen LogP contribution in [0.25, 0.3) is 10.9 Å². The van der Waals surface area contributed by atoms with E-state index in [2.05, 4.69) is 25.9 Å². The van der Waals surface area contributed by atoms with E-state index in [0.717, 1.165) is 43.4 Å². The summed E-state index contributed by atoms with van der Waals surface area (Å²) >= 11 is 0.912. The number of phenolic OH excluding ortho intramolecular Hbond substituents is 2. The number of amides is 7. The minimum Gasteiger partial charge on any atom is -0.504 e. The molecule has 0 radical (unpaired) electrons. The van der Waals surface area contributed by atoms with Gasteiger partial charge >= 0.3 is 34.2 Å². The summed E-state index contributed by atoms with van der Waals surface area (Å²) in [5, 5.41) is 46.0. The number of aromatic carboxylic acids is 1. The number of nitrogens with one attached hydrogen (secondary N) is 3. The predicted octanol–water partition coefficient (Wildman–Crippen LogP) is -1.67. The zero-order valence-electron chi connectivity index (χ0n) is 27.0. The van der Waals surface area contributed by atoms with Gasteiger partial charge in [0.15, 0.2) is 28.0 Å². The number of pyridine rings is 1. The smallest absolute Gasteiger partial charge is 0.355 e. The monoisotopic (exact) mass is 778 g/mol. The Morgan fingerprint density at radius 1 is 1.06 bits per heavy atom. The number of likely N-dealkylation sites (tertiary alicyclic amines) is 1. The SMILES string of the molecule is CC(C)(ON=C(C(=O)NC1CN(C(=O)NS(=O)(=O)N2CCN(NC(=O)c3cc4cc(O)c(O)cc4nc3C(=O)O)C2=O)C1=O)c1csc(N)n1)C(=O)O. The number of rotatable bonds is 11. The molecule has 0 bridgehead atoms. The first-order valence-electron chi connectivity index (χ1n) is 14.6. The molecule has 4 heterocycles. The van der Waals surface area contributed by atoms with Gasteiger partial charge in [0.25, 0.3) is 17.7 Å². The van der Waals surface area contributed by atoms with Gasteiger partial charge in [-0.05, 0) is 26.0 Å². The lowest BCUT2D eigenvalue weighted by atomic mass is 10.1. The largest absolute Gasteiger partial charge is 0.504 e. The van der Waals surface area contributed by atoms with Crippen molar-refractivity contribution in [2.45, 2.75) is 25.5 Å². The molecule has 0 aliphatic carbocycles. The number of oxime groups is 1. The Bertz CT molecular complexity index is 2260. The van der Waals surface area contributed by atoms with E-state index in [1.165, 1.54) is 10.1 Å². The van der Waals surface area contributed by atoms with Gasteiger partial charge in [-0.3, -0.25) is 24.7 Å². The number of carbonyl (C=O) groups excluding carboxylic acids is 5. The fourth-order valence-corrected chi connectivity index (χ4v) is 6.14. The van der Waals surface area contributed by atoms with Crippen LogP contribution in [0.4, 0.5) is 14.7 Å². The van der Waals surface area contributed by atoms with Crippen LogP contribution in [0.15, 0.2) is 28.7 Å². The number of aromatic nitrogens is 2. The third-order valence-corrected chi connectivity index (χ3v) is 9.44. The molecule has 1 unspecified atom stereocenters. The first-order chi connectivity index (χ1) is 24.7. The molecule has 1 aromatic carbocycles. The van der Waals surface area contributed by atoms with Gasteiger partial charge in [0, 0.05) is 16.8 Å². The Balaban J connectivity index is 1.21. The zero-order chi connectivity index (χ0) is 39.2. The summed E-state index contributed by atoms with van der Waals surface area (Å²) < 4.78 is 27.6. The van der Waals surface area contributed by atoms with Crippen molar-refractivity contribution in [1.29, 1.82) is 0 Å². The van der Waals surface area contributed by atoms with Gasteiger partial charge < -0.3 is 36.3 Å². The fourth-order valence-electron chi connectivity index (χ4n) is 4.52. The van der Waals surface area contributed by atoms with Crippen LogP contribution in [0.1, 0.15) is 40.4 Å². The van der Waals surface area contributed by atoms with Crippen LogP contribution in [-0.2, 0) is 29.4 Å². The number of imide groups is 1. The molecule has 53 heavy (non-hydrogen) atoms. The first-order valence-corrected chi connectivity index (χ1v) is 16.9. The summed E-state index contributed by atoms with van der Waals surface area (Å²) in [7, 11) is -5.01. The predicted molar refractivity (Wildman–Crippen MR) is 175 cm³/mol. The fraction of sp³-hybridized carbons (Fsp3) is 0.259. The molecule has 2 fully saturated rings. The molecule has 24 nitrogen and oxygen atoms in total. The Hall–Kier alpha value is -6.83. The van der Waals surface area contributed by atoms with Crippen molar-refractivity contribution >= 4 is 85.0 Å². The number of aromatic hydroxyl groups is 2. The van der Waals surface area contributed by atoms with Crippen molar-refractivity contribution in [3.8, 4) is 11.5 Å². The Morgan fingerprint density at radius 3 is 2.34 bits per heavy atom. The van der Waals surface area contributed by atoms with E-state index in [1.807, 2.05) is 0 Å². The second kappa shape index (κ2) is 13.7.